The van der Waals surface area contributed by atoms with Crippen LogP contribution < -0.4 is 0 Å². The van der Waals surface area contributed by atoms with Crippen LogP contribution in [0.2, 0.25) is 0 Å². The molecular weight excluding hydrogens is 200 g/mol. The Labute approximate surface area is 97.3 Å². The van der Waals surface area contributed by atoms with Gasteiger partial charge in [0.1, 0.15) is 0 Å². The van der Waals surface area contributed by atoms with Gasteiger partial charge < -0.3 is 5.11 Å². The lowest BCUT2D eigenvalue weighted by Crippen LogP contribution is -2.26. The van der Waals surface area contributed by atoms with Crippen molar-refractivity contribution < 1.29 is 9.90 Å². The van der Waals surface area contributed by atoms with Crippen molar-refractivity contribution in [1.29, 1.82) is 0 Å². The number of hydrogen-bond donors (Lipinski definition) is 1. The van der Waals surface area contributed by atoms with E-state index in [1.165, 1.54) is 0 Å². The summed E-state index contributed by atoms with van der Waals surface area (Å²) in [5, 5.41) is 9.22. The first-order chi connectivity index (χ1) is 7.61. The lowest BCUT2D eigenvalue weighted by molar-refractivity contribution is 0.0693. The standard InChI is InChI=1S/C14H20O2/c1-4-14(5-2,6-3)12-10-8-7-9-11(12)13(15)16/h7-10H,4-6H2,1-3H3,(H,15,16). The van der Waals surface area contributed by atoms with Crippen molar-refractivity contribution in [1.82, 2.24) is 0 Å². The molecule has 0 fully saturated rings. The highest BCUT2D eigenvalue weighted by Gasteiger charge is 2.29. The molecule has 1 N–H and O–H groups in total. The topological polar surface area (TPSA) is 37.3 Å². The van der Waals surface area contributed by atoms with Crippen molar-refractivity contribution in [2.45, 2.75) is 45.4 Å². The number of benzene rings is 1. The molecule has 1 aromatic rings. The molecule has 0 saturated heterocycles. The molecule has 0 unspecified atom stereocenters. The Bertz CT molecular complexity index is 356. The van der Waals surface area contributed by atoms with Crippen LogP contribution in [0.15, 0.2) is 24.3 Å². The molecule has 0 aromatic heterocycles. The minimum atomic E-state index is -0.824. The third-order valence-corrected chi connectivity index (χ3v) is 3.76. The lowest BCUT2D eigenvalue weighted by Gasteiger charge is -2.32. The summed E-state index contributed by atoms with van der Waals surface area (Å²) in [6.45, 7) is 6.39. The Morgan fingerprint density at radius 3 is 2.06 bits per heavy atom. The molecule has 2 nitrogen and oxygen atoms in total. The highest BCUT2D eigenvalue weighted by Crippen LogP contribution is 2.36. The van der Waals surface area contributed by atoms with Crippen molar-refractivity contribution in [3.63, 3.8) is 0 Å². The molecule has 0 atom stereocenters. The smallest absolute Gasteiger partial charge is 0.335 e. The van der Waals surface area contributed by atoms with Gasteiger partial charge in [0, 0.05) is 0 Å². The van der Waals surface area contributed by atoms with Crippen molar-refractivity contribution in [2.75, 3.05) is 0 Å². The van der Waals surface area contributed by atoms with E-state index in [-0.39, 0.29) is 5.41 Å². The highest BCUT2D eigenvalue weighted by molar-refractivity contribution is 5.89. The van der Waals surface area contributed by atoms with Gasteiger partial charge in [-0.15, -0.1) is 0 Å². The molecule has 1 rings (SSSR count). The third kappa shape index (κ3) is 2.11. The van der Waals surface area contributed by atoms with Gasteiger partial charge in [0.05, 0.1) is 5.56 Å². The van der Waals surface area contributed by atoms with Gasteiger partial charge in [-0.05, 0) is 36.3 Å². The molecule has 0 radical (unpaired) electrons. The van der Waals surface area contributed by atoms with E-state index in [0.29, 0.717) is 5.56 Å². The summed E-state index contributed by atoms with van der Waals surface area (Å²) in [6.07, 6.45) is 2.93. The van der Waals surface area contributed by atoms with Crippen LogP contribution in [0, 0.1) is 0 Å². The van der Waals surface area contributed by atoms with Crippen LogP contribution in [0.5, 0.6) is 0 Å². The fraction of sp³-hybridized carbons (Fsp3) is 0.500. The monoisotopic (exact) mass is 220 g/mol. The van der Waals surface area contributed by atoms with E-state index < -0.39 is 5.97 Å². The summed E-state index contributed by atoms with van der Waals surface area (Å²) in [5.41, 5.74) is 1.44. The number of rotatable bonds is 5. The fourth-order valence-corrected chi connectivity index (χ4v) is 2.45. The largest absolute Gasteiger partial charge is 0.478 e. The molecule has 0 aliphatic rings. The number of hydrogen-bond acceptors (Lipinski definition) is 1. The molecule has 16 heavy (non-hydrogen) atoms. The lowest BCUT2D eigenvalue weighted by atomic mass is 9.72. The van der Waals surface area contributed by atoms with Crippen LogP contribution >= 0.6 is 0 Å². The van der Waals surface area contributed by atoms with E-state index in [2.05, 4.69) is 20.8 Å². The number of carboxylic acids is 1. The number of aromatic carboxylic acids is 1. The summed E-state index contributed by atoms with van der Waals surface area (Å²) < 4.78 is 0. The molecule has 0 aliphatic carbocycles. The summed E-state index contributed by atoms with van der Waals surface area (Å²) >= 11 is 0. The van der Waals surface area contributed by atoms with E-state index in [4.69, 9.17) is 0 Å². The van der Waals surface area contributed by atoms with E-state index in [9.17, 15) is 9.90 Å². The van der Waals surface area contributed by atoms with Gasteiger partial charge in [-0.2, -0.15) is 0 Å². The molecule has 88 valence electrons. The predicted molar refractivity (Wildman–Crippen MR) is 66.0 cm³/mol. The second kappa shape index (κ2) is 5.15. The minimum absolute atomic E-state index is 0.00891. The van der Waals surface area contributed by atoms with Gasteiger partial charge in [-0.3, -0.25) is 0 Å². The molecule has 0 aliphatic heterocycles. The van der Waals surface area contributed by atoms with E-state index >= 15 is 0 Å². The normalized spacial score (nSPS) is 11.4. The average Bonchev–Trinajstić information content (AvgIpc) is 2.32. The van der Waals surface area contributed by atoms with Gasteiger partial charge in [0.15, 0.2) is 0 Å². The summed E-state index contributed by atoms with van der Waals surface area (Å²) in [6, 6.07) is 7.38. The van der Waals surface area contributed by atoms with E-state index in [0.717, 1.165) is 24.8 Å². The molecule has 0 saturated carbocycles. The van der Waals surface area contributed by atoms with Gasteiger partial charge in [0.25, 0.3) is 0 Å². The Morgan fingerprint density at radius 1 is 1.12 bits per heavy atom. The average molecular weight is 220 g/mol. The van der Waals surface area contributed by atoms with E-state index in [1.54, 1.807) is 12.1 Å². The summed E-state index contributed by atoms with van der Waals surface area (Å²) in [5.74, 6) is -0.824. The number of carboxylic acid groups (broad SMARTS) is 1. The predicted octanol–water partition coefficient (Wildman–Crippen LogP) is 3.85. The molecule has 0 heterocycles. The van der Waals surface area contributed by atoms with Crippen LogP contribution in [0.3, 0.4) is 0 Å². The maximum atomic E-state index is 11.2. The summed E-state index contributed by atoms with van der Waals surface area (Å²) in [4.78, 5) is 11.2. The van der Waals surface area contributed by atoms with Gasteiger partial charge in [0.2, 0.25) is 0 Å². The first-order valence-corrected chi connectivity index (χ1v) is 5.94. The Morgan fingerprint density at radius 2 is 1.62 bits per heavy atom. The van der Waals surface area contributed by atoms with Crippen molar-refractivity contribution in [2.24, 2.45) is 0 Å². The Balaban J connectivity index is 3.34. The zero-order chi connectivity index (χ0) is 12.2. The Hall–Kier alpha value is -1.31. The molecular formula is C14H20O2. The Kier molecular flexibility index (Phi) is 4.11. The molecule has 0 spiro atoms. The first-order valence-electron chi connectivity index (χ1n) is 5.94. The maximum absolute atomic E-state index is 11.2. The number of carbonyl (C=O) groups is 1. The summed E-state index contributed by atoms with van der Waals surface area (Å²) in [7, 11) is 0. The fourth-order valence-electron chi connectivity index (χ4n) is 2.45. The second-order valence-electron chi connectivity index (χ2n) is 4.19. The SMILES string of the molecule is CCC(CC)(CC)c1ccccc1C(=O)O. The zero-order valence-electron chi connectivity index (χ0n) is 10.3. The van der Waals surface area contributed by atoms with Gasteiger partial charge in [-0.1, -0.05) is 39.0 Å². The molecule has 2 heteroatoms. The minimum Gasteiger partial charge on any atom is -0.478 e. The molecule has 1 aromatic carbocycles. The van der Waals surface area contributed by atoms with Gasteiger partial charge >= 0.3 is 5.97 Å². The van der Waals surface area contributed by atoms with Crippen LogP contribution in [-0.2, 0) is 5.41 Å². The maximum Gasteiger partial charge on any atom is 0.335 e. The zero-order valence-corrected chi connectivity index (χ0v) is 10.3. The van der Waals surface area contributed by atoms with Crippen LogP contribution in [0.4, 0.5) is 0 Å². The van der Waals surface area contributed by atoms with Crippen LogP contribution in [0.1, 0.15) is 56.0 Å². The van der Waals surface area contributed by atoms with Gasteiger partial charge in [-0.25, -0.2) is 4.79 Å². The highest BCUT2D eigenvalue weighted by atomic mass is 16.4. The first kappa shape index (κ1) is 12.8. The van der Waals surface area contributed by atoms with Crippen LogP contribution in [-0.4, -0.2) is 11.1 Å². The second-order valence-corrected chi connectivity index (χ2v) is 4.19. The van der Waals surface area contributed by atoms with Crippen molar-refractivity contribution in [3.05, 3.63) is 35.4 Å². The molecule has 0 bridgehead atoms. The van der Waals surface area contributed by atoms with Crippen molar-refractivity contribution in [3.8, 4) is 0 Å². The third-order valence-electron chi connectivity index (χ3n) is 3.76. The van der Waals surface area contributed by atoms with Crippen LogP contribution in [0.25, 0.3) is 0 Å². The quantitative estimate of drug-likeness (QED) is 0.818. The van der Waals surface area contributed by atoms with E-state index in [1.807, 2.05) is 12.1 Å². The molecule has 0 amide bonds. The van der Waals surface area contributed by atoms with Crippen molar-refractivity contribution >= 4 is 5.97 Å².